The summed E-state index contributed by atoms with van der Waals surface area (Å²) in [7, 11) is 0. The summed E-state index contributed by atoms with van der Waals surface area (Å²) in [6.07, 6.45) is 1.92. The molecule has 0 saturated heterocycles. The predicted molar refractivity (Wildman–Crippen MR) is 196 cm³/mol. The minimum atomic E-state index is 0. The molecule has 0 saturated carbocycles. The fourth-order valence-corrected chi connectivity index (χ4v) is 11.6. The van der Waals surface area contributed by atoms with Gasteiger partial charge in [0.2, 0.25) is 0 Å². The molecule has 2 nitrogen and oxygen atoms in total. The van der Waals surface area contributed by atoms with E-state index in [0.29, 0.717) is 21.7 Å². The maximum atomic E-state index is 5.02. The Morgan fingerprint density at radius 3 is 2.28 bits per heavy atom. The molecule has 2 aliphatic rings. The molecule has 229 valence electrons. The van der Waals surface area contributed by atoms with E-state index >= 15 is 0 Å². The molecule has 4 heterocycles. The van der Waals surface area contributed by atoms with Crippen molar-refractivity contribution in [2.24, 2.45) is 0 Å². The van der Waals surface area contributed by atoms with Crippen LogP contribution in [0.3, 0.4) is 0 Å². The van der Waals surface area contributed by atoms with Gasteiger partial charge in [0.15, 0.2) is 0 Å². The van der Waals surface area contributed by atoms with E-state index in [1.165, 1.54) is 52.0 Å². The van der Waals surface area contributed by atoms with Crippen LogP contribution in [0.15, 0.2) is 121 Å². The molecular formula is C41H29BIrN2Se2-2. The third-order valence-corrected chi connectivity index (χ3v) is 13.7. The zero-order valence-corrected chi connectivity index (χ0v) is 32.0. The summed E-state index contributed by atoms with van der Waals surface area (Å²) in [5, 5.41) is 1.18. The predicted octanol–water partition coefficient (Wildman–Crippen LogP) is 3.63. The average Bonchev–Trinajstić information content (AvgIpc) is 3.09. The molecule has 6 heteroatoms. The Hall–Kier alpha value is -3.59. The van der Waals surface area contributed by atoms with E-state index in [0.717, 1.165) is 22.5 Å². The van der Waals surface area contributed by atoms with Crippen molar-refractivity contribution in [1.82, 2.24) is 9.97 Å². The van der Waals surface area contributed by atoms with Crippen LogP contribution in [0.4, 0.5) is 0 Å². The Balaban J connectivity index is 0.000000186. The van der Waals surface area contributed by atoms with Crippen molar-refractivity contribution in [3.8, 4) is 22.5 Å². The van der Waals surface area contributed by atoms with Crippen LogP contribution in [0, 0.1) is 32.9 Å². The van der Waals surface area contributed by atoms with Crippen molar-refractivity contribution in [3.05, 3.63) is 150 Å². The van der Waals surface area contributed by atoms with Gasteiger partial charge in [-0.15, -0.1) is 35.4 Å². The van der Waals surface area contributed by atoms with E-state index in [9.17, 15) is 0 Å². The summed E-state index contributed by atoms with van der Waals surface area (Å²) in [5.41, 5.74) is 13.6. The molecule has 0 aliphatic carbocycles. The minimum absolute atomic E-state index is 0. The van der Waals surface area contributed by atoms with Gasteiger partial charge in [-0.25, -0.2) is 0 Å². The Bertz CT molecular complexity index is 2270. The molecule has 0 unspecified atom stereocenters. The topological polar surface area (TPSA) is 25.8 Å². The molecular weight excluding hydrogens is 881 g/mol. The first-order valence-electron chi connectivity index (χ1n) is 15.4. The third-order valence-electron chi connectivity index (χ3n) is 8.74. The Kier molecular flexibility index (Phi) is 9.18. The van der Waals surface area contributed by atoms with Crippen molar-refractivity contribution < 1.29 is 20.1 Å². The number of hydrogen-bond acceptors (Lipinski definition) is 2. The van der Waals surface area contributed by atoms with Crippen molar-refractivity contribution in [2.45, 2.75) is 20.8 Å². The molecule has 0 bridgehead atoms. The van der Waals surface area contributed by atoms with Crippen LogP contribution in [0.2, 0.25) is 0 Å². The van der Waals surface area contributed by atoms with Gasteiger partial charge in [0.1, 0.15) is 0 Å². The second-order valence-corrected chi connectivity index (χ2v) is 16.3. The van der Waals surface area contributed by atoms with Crippen molar-refractivity contribution in [1.29, 1.82) is 0 Å². The third kappa shape index (κ3) is 6.12. The van der Waals surface area contributed by atoms with Gasteiger partial charge in [0.05, 0.1) is 0 Å². The number of nitrogens with zero attached hydrogens (tertiary/aromatic N) is 2. The van der Waals surface area contributed by atoms with Gasteiger partial charge >= 0.3 is 195 Å². The molecule has 47 heavy (non-hydrogen) atoms. The molecule has 0 spiro atoms. The number of aryl methyl sites for hydroxylation is 3. The molecule has 0 fully saturated rings. The molecule has 9 rings (SSSR count). The second kappa shape index (κ2) is 13.5. The first kappa shape index (κ1) is 32.0. The van der Waals surface area contributed by atoms with Crippen LogP contribution in [0.5, 0.6) is 0 Å². The van der Waals surface area contributed by atoms with E-state index in [2.05, 4.69) is 147 Å². The van der Waals surface area contributed by atoms with Gasteiger partial charge < -0.3 is 4.98 Å². The maximum absolute atomic E-state index is 5.02. The van der Waals surface area contributed by atoms with Crippen molar-refractivity contribution in [3.63, 3.8) is 0 Å². The summed E-state index contributed by atoms with van der Waals surface area (Å²) < 4.78 is 6.04. The number of rotatable bonds is 2. The number of aromatic nitrogens is 2. The average molecular weight is 911 g/mol. The molecule has 0 atom stereocenters. The van der Waals surface area contributed by atoms with Crippen LogP contribution in [-0.4, -0.2) is 46.6 Å². The van der Waals surface area contributed by atoms with Crippen LogP contribution in [0.1, 0.15) is 16.7 Å². The summed E-state index contributed by atoms with van der Waals surface area (Å²) in [6, 6.07) is 48.2. The zero-order valence-electron chi connectivity index (χ0n) is 26.2. The fourth-order valence-electron chi connectivity index (χ4n) is 6.17. The second-order valence-electron chi connectivity index (χ2n) is 11.8. The van der Waals surface area contributed by atoms with Crippen LogP contribution in [0.25, 0.3) is 33.4 Å². The SMILES string of the molecule is Cc1c[c-]c(-c2cc(C)c(C)cn2)cc1.[Ir].[c-]1ccc2c(c1-c1ccc3ccccc3n1)[Se]c1cccc3c1B2c1ccccc1[Se]3. The Morgan fingerprint density at radius 2 is 1.45 bits per heavy atom. The fraction of sp³-hybridized carbons (Fsp3) is 0.0732. The van der Waals surface area contributed by atoms with E-state index < -0.39 is 0 Å². The van der Waals surface area contributed by atoms with E-state index in [1.54, 1.807) is 9.92 Å². The molecule has 7 aromatic rings. The molecule has 2 aromatic heterocycles. The number of para-hydroxylation sites is 1. The van der Waals surface area contributed by atoms with Gasteiger partial charge in [-0.1, -0.05) is 18.6 Å². The Morgan fingerprint density at radius 1 is 0.660 bits per heavy atom. The van der Waals surface area contributed by atoms with Gasteiger partial charge in [0.25, 0.3) is 0 Å². The quantitative estimate of drug-likeness (QED) is 0.196. The number of hydrogen-bond donors (Lipinski definition) is 0. The first-order chi connectivity index (χ1) is 22.5. The summed E-state index contributed by atoms with van der Waals surface area (Å²) in [5.74, 6) is 0. The van der Waals surface area contributed by atoms with E-state index in [4.69, 9.17) is 4.98 Å². The molecule has 2 aliphatic heterocycles. The van der Waals surface area contributed by atoms with Gasteiger partial charge in [-0.3, -0.25) is 0 Å². The monoisotopic (exact) mass is 913 g/mol. The molecule has 0 amide bonds. The van der Waals surface area contributed by atoms with Gasteiger partial charge in [0, 0.05) is 26.3 Å². The first-order valence-corrected chi connectivity index (χ1v) is 18.9. The Labute approximate surface area is 303 Å². The summed E-state index contributed by atoms with van der Waals surface area (Å²) >= 11 is 0.635. The van der Waals surface area contributed by atoms with Crippen LogP contribution >= 0.6 is 0 Å². The summed E-state index contributed by atoms with van der Waals surface area (Å²) in [4.78, 5) is 9.43. The zero-order chi connectivity index (χ0) is 31.2. The van der Waals surface area contributed by atoms with Crippen LogP contribution < -0.4 is 34.2 Å². The molecule has 5 aromatic carbocycles. The normalized spacial score (nSPS) is 12.2. The van der Waals surface area contributed by atoms with Gasteiger partial charge in [-0.2, -0.15) is 0 Å². The van der Waals surface area contributed by atoms with Crippen LogP contribution in [-0.2, 0) is 20.1 Å². The van der Waals surface area contributed by atoms with Crippen molar-refractivity contribution >= 4 is 81.8 Å². The summed E-state index contributed by atoms with van der Waals surface area (Å²) in [6.45, 7) is 6.57. The molecule has 0 N–H and O–H groups in total. The number of fused-ring (bicyclic) bond motifs is 5. The standard InChI is InChI=1S/C27H15BNSe2.C14H14N.Ir/c1-3-11-21-17(7-1)15-16-22(29-21)18-8-5-10-20-27(18)31-25-14-6-13-24-26(25)28(20)19-9-2-4-12-23(19)30-24;1-10-4-6-13(7-5-10)14-8-11(2)12(3)9-15-14;/h1-7,9-16H;4-6,8-9H,1-3H3;/q2*-1;. The molecule has 1 radical (unpaired) electrons. The van der Waals surface area contributed by atoms with Gasteiger partial charge in [-0.05, 0) is 25.1 Å². The van der Waals surface area contributed by atoms with E-state index in [1.807, 2.05) is 12.3 Å². The number of pyridine rings is 2. The van der Waals surface area contributed by atoms with E-state index in [-0.39, 0.29) is 35.1 Å². The van der Waals surface area contributed by atoms with Crippen molar-refractivity contribution in [2.75, 3.05) is 0 Å². The number of benzene rings is 5.